The van der Waals surface area contributed by atoms with Crippen molar-refractivity contribution >= 4 is 28.5 Å². The first-order valence-corrected chi connectivity index (χ1v) is 9.23. The predicted octanol–water partition coefficient (Wildman–Crippen LogP) is 5.40. The second-order valence-electron chi connectivity index (χ2n) is 6.69. The van der Waals surface area contributed by atoms with Crippen LogP contribution in [-0.2, 0) is 0 Å². The zero-order valence-corrected chi connectivity index (χ0v) is 15.6. The molecule has 3 heterocycles. The number of H-pyrrole nitrogens is 2. The van der Waals surface area contributed by atoms with Gasteiger partial charge in [-0.05, 0) is 42.0 Å². The maximum absolute atomic E-state index is 4.67. The van der Waals surface area contributed by atoms with Crippen LogP contribution in [0.1, 0.15) is 5.69 Å². The number of benzene rings is 2. The molecular formula is C23H18N6. The van der Waals surface area contributed by atoms with Gasteiger partial charge in [0.15, 0.2) is 5.82 Å². The van der Waals surface area contributed by atoms with E-state index >= 15 is 0 Å². The van der Waals surface area contributed by atoms with Gasteiger partial charge in [0.25, 0.3) is 0 Å². The molecule has 0 spiro atoms. The fourth-order valence-electron chi connectivity index (χ4n) is 3.27. The van der Waals surface area contributed by atoms with E-state index in [4.69, 9.17) is 0 Å². The fraction of sp³-hybridized carbons (Fsp3) is 0. The molecular weight excluding hydrogens is 360 g/mol. The summed E-state index contributed by atoms with van der Waals surface area (Å²) in [6.45, 7) is 3.81. The number of nitrogens with zero attached hydrogens (tertiary/aromatic N) is 3. The van der Waals surface area contributed by atoms with E-state index in [1.54, 1.807) is 18.5 Å². The Kier molecular flexibility index (Phi) is 4.14. The number of aromatic nitrogens is 5. The van der Waals surface area contributed by atoms with Crippen molar-refractivity contribution in [3.8, 4) is 22.5 Å². The fourth-order valence-corrected chi connectivity index (χ4v) is 3.27. The van der Waals surface area contributed by atoms with Crippen LogP contribution in [0.3, 0.4) is 0 Å². The predicted molar refractivity (Wildman–Crippen MR) is 117 cm³/mol. The normalized spacial score (nSPS) is 10.9. The van der Waals surface area contributed by atoms with Gasteiger partial charge in [-0.15, -0.1) is 0 Å². The van der Waals surface area contributed by atoms with Crippen molar-refractivity contribution in [2.24, 2.45) is 0 Å². The summed E-state index contributed by atoms with van der Waals surface area (Å²) >= 11 is 0. The lowest BCUT2D eigenvalue weighted by Crippen LogP contribution is -1.96. The monoisotopic (exact) mass is 378 g/mol. The van der Waals surface area contributed by atoms with E-state index in [-0.39, 0.29) is 0 Å². The number of hydrogen-bond donors (Lipinski definition) is 3. The molecule has 140 valence electrons. The molecule has 0 aliphatic carbocycles. The third-order valence-electron chi connectivity index (χ3n) is 4.77. The van der Waals surface area contributed by atoms with E-state index in [0.29, 0.717) is 5.82 Å². The summed E-state index contributed by atoms with van der Waals surface area (Å²) in [5, 5.41) is 11.3. The molecule has 29 heavy (non-hydrogen) atoms. The minimum Gasteiger partial charge on any atom is -0.355 e. The quantitative estimate of drug-likeness (QED) is 0.382. The highest BCUT2D eigenvalue weighted by molar-refractivity contribution is 5.86. The van der Waals surface area contributed by atoms with Gasteiger partial charge in [-0.1, -0.05) is 30.8 Å². The molecule has 0 bridgehead atoms. The molecule has 0 fully saturated rings. The van der Waals surface area contributed by atoms with Crippen LogP contribution in [0.4, 0.5) is 11.5 Å². The van der Waals surface area contributed by atoms with Crippen molar-refractivity contribution in [3.05, 3.63) is 85.5 Å². The number of anilines is 2. The van der Waals surface area contributed by atoms with E-state index in [1.165, 1.54) is 0 Å². The van der Waals surface area contributed by atoms with E-state index in [1.807, 2.05) is 42.6 Å². The molecule has 0 radical (unpaired) electrons. The smallest absolute Gasteiger partial charge is 0.161 e. The van der Waals surface area contributed by atoms with E-state index < -0.39 is 0 Å². The number of fused-ring (bicyclic) bond motifs is 1. The lowest BCUT2D eigenvalue weighted by molar-refractivity contribution is 1.09. The maximum Gasteiger partial charge on any atom is 0.161 e. The van der Waals surface area contributed by atoms with Gasteiger partial charge < -0.3 is 10.3 Å². The van der Waals surface area contributed by atoms with Crippen LogP contribution < -0.4 is 5.32 Å². The van der Waals surface area contributed by atoms with Crippen LogP contribution in [0.2, 0.25) is 0 Å². The number of aromatic amines is 2. The standard InChI is InChI=1S/C23H18N6/c1-2-19-11-16-3-4-17(12-21(16)27-19)23-24-10-9-22(29-23)28-20-7-5-15(6-8-20)18-13-25-26-14-18/h2-14,27H,1H2,(H,25,26)(H,24,28,29). The summed E-state index contributed by atoms with van der Waals surface area (Å²) in [6, 6.07) is 18.2. The van der Waals surface area contributed by atoms with Gasteiger partial charge in [0.1, 0.15) is 5.82 Å². The van der Waals surface area contributed by atoms with Gasteiger partial charge in [0.05, 0.1) is 6.20 Å². The van der Waals surface area contributed by atoms with Crippen LogP contribution >= 0.6 is 0 Å². The summed E-state index contributed by atoms with van der Waals surface area (Å²) in [4.78, 5) is 12.4. The van der Waals surface area contributed by atoms with E-state index in [9.17, 15) is 0 Å². The average molecular weight is 378 g/mol. The third-order valence-corrected chi connectivity index (χ3v) is 4.77. The van der Waals surface area contributed by atoms with E-state index in [0.717, 1.165) is 44.8 Å². The van der Waals surface area contributed by atoms with Crippen LogP contribution in [0.25, 0.3) is 39.5 Å². The molecule has 0 aliphatic heterocycles. The molecule has 2 aromatic carbocycles. The van der Waals surface area contributed by atoms with Gasteiger partial charge in [-0.2, -0.15) is 5.10 Å². The van der Waals surface area contributed by atoms with Crippen molar-refractivity contribution in [2.75, 3.05) is 5.32 Å². The Morgan fingerprint density at radius 3 is 2.59 bits per heavy atom. The summed E-state index contributed by atoms with van der Waals surface area (Å²) in [5.41, 5.74) is 6.10. The molecule has 0 saturated heterocycles. The Bertz CT molecular complexity index is 1280. The summed E-state index contributed by atoms with van der Waals surface area (Å²) in [6.07, 6.45) is 7.24. The molecule has 6 nitrogen and oxygen atoms in total. The number of nitrogens with one attached hydrogen (secondary N) is 3. The zero-order chi connectivity index (χ0) is 19.6. The first-order chi connectivity index (χ1) is 14.3. The maximum atomic E-state index is 4.67. The molecule has 0 amide bonds. The van der Waals surface area contributed by atoms with Gasteiger partial charge in [-0.3, -0.25) is 5.10 Å². The molecule has 0 atom stereocenters. The molecule has 0 unspecified atom stereocenters. The van der Waals surface area contributed by atoms with Gasteiger partial charge in [0, 0.05) is 45.8 Å². The lowest BCUT2D eigenvalue weighted by Gasteiger charge is -2.08. The first-order valence-electron chi connectivity index (χ1n) is 9.23. The second-order valence-corrected chi connectivity index (χ2v) is 6.69. The number of rotatable bonds is 5. The summed E-state index contributed by atoms with van der Waals surface area (Å²) in [5.74, 6) is 1.41. The molecule has 0 aliphatic rings. The van der Waals surface area contributed by atoms with Crippen molar-refractivity contribution in [3.63, 3.8) is 0 Å². The largest absolute Gasteiger partial charge is 0.355 e. The minimum absolute atomic E-state index is 0.668. The zero-order valence-electron chi connectivity index (χ0n) is 15.6. The van der Waals surface area contributed by atoms with E-state index in [2.05, 4.69) is 55.2 Å². The highest BCUT2D eigenvalue weighted by Crippen LogP contribution is 2.25. The highest BCUT2D eigenvalue weighted by Gasteiger charge is 2.07. The Morgan fingerprint density at radius 1 is 0.931 bits per heavy atom. The number of hydrogen-bond acceptors (Lipinski definition) is 4. The van der Waals surface area contributed by atoms with Crippen molar-refractivity contribution in [1.29, 1.82) is 0 Å². The average Bonchev–Trinajstić information content (AvgIpc) is 3.44. The van der Waals surface area contributed by atoms with Crippen LogP contribution in [-0.4, -0.2) is 25.1 Å². The van der Waals surface area contributed by atoms with Gasteiger partial charge in [-0.25, -0.2) is 9.97 Å². The molecule has 3 aromatic heterocycles. The Labute approximate surface area is 167 Å². The topological polar surface area (TPSA) is 82.3 Å². The molecule has 3 N–H and O–H groups in total. The minimum atomic E-state index is 0.668. The lowest BCUT2D eigenvalue weighted by atomic mass is 10.1. The van der Waals surface area contributed by atoms with Crippen molar-refractivity contribution < 1.29 is 0 Å². The summed E-state index contributed by atoms with van der Waals surface area (Å²) in [7, 11) is 0. The second kappa shape index (κ2) is 7.09. The van der Waals surface area contributed by atoms with Crippen molar-refractivity contribution in [1.82, 2.24) is 25.1 Å². The molecule has 6 heteroatoms. The Hall–Kier alpha value is -4.19. The van der Waals surface area contributed by atoms with Gasteiger partial charge >= 0.3 is 0 Å². The Morgan fingerprint density at radius 2 is 1.79 bits per heavy atom. The SMILES string of the molecule is C=Cc1cc2ccc(-c3nccc(Nc4ccc(-c5cn[nH]c5)cc4)n3)cc2[nH]1. The third kappa shape index (κ3) is 3.39. The van der Waals surface area contributed by atoms with Crippen molar-refractivity contribution in [2.45, 2.75) is 0 Å². The molecule has 0 saturated carbocycles. The first kappa shape index (κ1) is 16.9. The van der Waals surface area contributed by atoms with Crippen LogP contribution in [0.5, 0.6) is 0 Å². The highest BCUT2D eigenvalue weighted by atomic mass is 15.1. The van der Waals surface area contributed by atoms with Crippen LogP contribution in [0.15, 0.2) is 79.8 Å². The summed E-state index contributed by atoms with van der Waals surface area (Å²) < 4.78 is 0. The molecule has 5 rings (SSSR count). The van der Waals surface area contributed by atoms with Gasteiger partial charge in [0.2, 0.25) is 0 Å². The Balaban J connectivity index is 1.40. The molecule has 5 aromatic rings. The van der Waals surface area contributed by atoms with Crippen LogP contribution in [0, 0.1) is 0 Å².